The highest BCUT2D eigenvalue weighted by Crippen LogP contribution is 2.32. The van der Waals surface area contributed by atoms with Gasteiger partial charge >= 0.3 is 5.63 Å². The monoisotopic (exact) mass is 424 g/mol. The van der Waals surface area contributed by atoms with Crippen LogP contribution in [0.5, 0.6) is 0 Å². The molecule has 3 aromatic rings. The number of fused-ring (bicyclic) bond motifs is 1. The molecule has 9 heteroatoms. The molecule has 2 heterocycles. The summed E-state index contributed by atoms with van der Waals surface area (Å²) in [6.07, 6.45) is 1.29. The second kappa shape index (κ2) is 7.96. The Morgan fingerprint density at radius 1 is 1.10 bits per heavy atom. The van der Waals surface area contributed by atoms with Crippen LogP contribution >= 0.6 is 11.8 Å². The Labute approximate surface area is 173 Å². The maximum atomic E-state index is 13.8. The molecule has 0 saturated carbocycles. The molecule has 0 aliphatic carbocycles. The average Bonchev–Trinajstić information content (AvgIpc) is 2.97. The van der Waals surface area contributed by atoms with E-state index in [0.29, 0.717) is 28.4 Å². The highest BCUT2D eigenvalue weighted by atomic mass is 32.2. The van der Waals surface area contributed by atoms with Gasteiger partial charge in [-0.25, -0.2) is 9.18 Å². The fourth-order valence-electron chi connectivity index (χ4n) is 2.86. The van der Waals surface area contributed by atoms with Gasteiger partial charge in [0.15, 0.2) is 0 Å². The fourth-order valence-corrected chi connectivity index (χ4v) is 3.69. The molecule has 4 rings (SSSR count). The van der Waals surface area contributed by atoms with Crippen LogP contribution in [-0.2, 0) is 9.59 Å². The Balaban J connectivity index is 1.47. The van der Waals surface area contributed by atoms with Crippen molar-refractivity contribution in [3.63, 3.8) is 0 Å². The van der Waals surface area contributed by atoms with Crippen molar-refractivity contribution in [3.8, 4) is 0 Å². The highest BCUT2D eigenvalue weighted by molar-refractivity contribution is 8.18. The smallest absolute Gasteiger partial charge is 0.336 e. The third kappa shape index (κ3) is 4.01. The van der Waals surface area contributed by atoms with Gasteiger partial charge in [0.2, 0.25) is 5.91 Å². The summed E-state index contributed by atoms with van der Waals surface area (Å²) in [5, 5.41) is 2.59. The number of hydrogen-bond acceptors (Lipinski definition) is 6. The summed E-state index contributed by atoms with van der Waals surface area (Å²) >= 11 is 0.647. The largest absolute Gasteiger partial charge is 0.423 e. The lowest BCUT2D eigenvalue weighted by molar-refractivity contribution is -0.127. The Kier molecular flexibility index (Phi) is 5.20. The number of nitrogens with zero attached hydrogens (tertiary/aromatic N) is 1. The van der Waals surface area contributed by atoms with E-state index < -0.39 is 35.0 Å². The number of anilines is 1. The van der Waals surface area contributed by atoms with E-state index in [1.807, 2.05) is 0 Å². The zero-order valence-electron chi connectivity index (χ0n) is 15.3. The number of benzene rings is 2. The van der Waals surface area contributed by atoms with Gasteiger partial charge in [0.1, 0.15) is 17.9 Å². The molecule has 0 spiro atoms. The van der Waals surface area contributed by atoms with E-state index >= 15 is 0 Å². The van der Waals surface area contributed by atoms with Crippen molar-refractivity contribution in [2.24, 2.45) is 0 Å². The molecular weight excluding hydrogens is 411 g/mol. The number of nitrogens with one attached hydrogen (secondary N) is 1. The minimum absolute atomic E-state index is 0.0404. The first kappa shape index (κ1) is 19.6. The van der Waals surface area contributed by atoms with Crippen molar-refractivity contribution < 1.29 is 23.2 Å². The quantitative estimate of drug-likeness (QED) is 0.508. The van der Waals surface area contributed by atoms with Gasteiger partial charge < -0.3 is 9.73 Å². The minimum atomic E-state index is -0.663. The van der Waals surface area contributed by atoms with Crippen LogP contribution < -0.4 is 10.9 Å². The summed E-state index contributed by atoms with van der Waals surface area (Å²) < 4.78 is 18.8. The molecule has 150 valence electrons. The van der Waals surface area contributed by atoms with Crippen molar-refractivity contribution in [1.29, 1.82) is 0 Å². The third-order valence-corrected chi connectivity index (χ3v) is 5.18. The third-order valence-electron chi connectivity index (χ3n) is 4.27. The Bertz CT molecular complexity index is 1280. The van der Waals surface area contributed by atoms with Gasteiger partial charge in [-0.15, -0.1) is 0 Å². The molecule has 30 heavy (non-hydrogen) atoms. The Morgan fingerprint density at radius 2 is 1.90 bits per heavy atom. The van der Waals surface area contributed by atoms with Gasteiger partial charge in [0.25, 0.3) is 11.1 Å². The topological polar surface area (TPSA) is 96.7 Å². The lowest BCUT2D eigenvalue weighted by Crippen LogP contribution is -2.36. The summed E-state index contributed by atoms with van der Waals surface area (Å²) in [6.45, 7) is -0.485. The summed E-state index contributed by atoms with van der Waals surface area (Å²) in [5.41, 5.74) is 0.470. The average molecular weight is 424 g/mol. The Morgan fingerprint density at radius 3 is 2.70 bits per heavy atom. The lowest BCUT2D eigenvalue weighted by atomic mass is 10.2. The molecule has 0 atom stereocenters. The van der Waals surface area contributed by atoms with Crippen LogP contribution in [0.25, 0.3) is 17.0 Å². The second-order valence-corrected chi connectivity index (χ2v) is 7.34. The van der Waals surface area contributed by atoms with Crippen LogP contribution in [0.4, 0.5) is 14.9 Å². The van der Waals surface area contributed by atoms with Crippen LogP contribution in [0.15, 0.2) is 68.7 Å². The number of carbonyl (C=O) groups is 3. The maximum absolute atomic E-state index is 13.8. The minimum Gasteiger partial charge on any atom is -0.423 e. The molecule has 3 amide bonds. The van der Waals surface area contributed by atoms with E-state index in [9.17, 15) is 23.6 Å². The van der Waals surface area contributed by atoms with Gasteiger partial charge in [-0.2, -0.15) is 0 Å². The SMILES string of the molecule is O=C(CN1C(=O)SC(=Cc2ccccc2F)C1=O)Nc1ccc2oc(=O)ccc2c1. The van der Waals surface area contributed by atoms with Crippen LogP contribution in [0.3, 0.4) is 0 Å². The van der Waals surface area contributed by atoms with Crippen LogP contribution in [-0.4, -0.2) is 28.5 Å². The van der Waals surface area contributed by atoms with E-state index in [1.165, 1.54) is 42.5 Å². The molecule has 1 aliphatic heterocycles. The van der Waals surface area contributed by atoms with Crippen molar-refractivity contribution >= 4 is 51.5 Å². The molecular formula is C21H13FN2O5S. The van der Waals surface area contributed by atoms with Crippen LogP contribution in [0.2, 0.25) is 0 Å². The van der Waals surface area contributed by atoms with E-state index in [1.54, 1.807) is 18.2 Å². The molecule has 1 aliphatic rings. The first-order valence-electron chi connectivity index (χ1n) is 8.74. The first-order valence-corrected chi connectivity index (χ1v) is 9.56. The lowest BCUT2D eigenvalue weighted by Gasteiger charge is -2.12. The second-order valence-electron chi connectivity index (χ2n) is 6.34. The molecule has 2 aromatic carbocycles. The Hall–Kier alpha value is -3.72. The molecule has 7 nitrogen and oxygen atoms in total. The van der Waals surface area contributed by atoms with E-state index in [4.69, 9.17) is 4.42 Å². The summed E-state index contributed by atoms with van der Waals surface area (Å²) in [4.78, 5) is 49.1. The molecule has 1 fully saturated rings. The number of carbonyl (C=O) groups excluding carboxylic acids is 3. The van der Waals surface area contributed by atoms with Gasteiger partial charge in [0.05, 0.1) is 4.91 Å². The number of imide groups is 1. The zero-order valence-corrected chi connectivity index (χ0v) is 16.1. The van der Waals surface area contributed by atoms with Crippen LogP contribution in [0, 0.1) is 5.82 Å². The highest BCUT2D eigenvalue weighted by Gasteiger charge is 2.36. The predicted octanol–water partition coefficient (Wildman–Crippen LogP) is 3.61. The van der Waals surface area contributed by atoms with E-state index in [-0.39, 0.29) is 10.5 Å². The van der Waals surface area contributed by atoms with Gasteiger partial charge in [0, 0.05) is 22.7 Å². The predicted molar refractivity (Wildman–Crippen MR) is 110 cm³/mol. The van der Waals surface area contributed by atoms with E-state index in [0.717, 1.165) is 4.90 Å². The van der Waals surface area contributed by atoms with Gasteiger partial charge in [-0.1, -0.05) is 18.2 Å². The molecule has 1 N–H and O–H groups in total. The molecule has 1 saturated heterocycles. The molecule has 1 aromatic heterocycles. The normalized spacial score (nSPS) is 15.2. The summed E-state index contributed by atoms with van der Waals surface area (Å²) in [6, 6.07) is 13.3. The molecule has 0 radical (unpaired) electrons. The number of hydrogen-bond donors (Lipinski definition) is 1. The first-order chi connectivity index (χ1) is 14.4. The van der Waals surface area contributed by atoms with E-state index in [2.05, 4.69) is 5.32 Å². The molecule has 0 unspecified atom stereocenters. The standard InChI is InChI=1S/C21H13FN2O5S/c22-15-4-2-1-3-12(15)10-17-20(27)24(21(28)30-17)11-18(25)23-14-6-7-16-13(9-14)5-8-19(26)29-16/h1-10H,11H2,(H,23,25). The van der Waals surface area contributed by atoms with Crippen molar-refractivity contribution in [1.82, 2.24) is 4.90 Å². The van der Waals surface area contributed by atoms with Gasteiger partial charge in [-0.3, -0.25) is 19.3 Å². The number of rotatable bonds is 4. The maximum Gasteiger partial charge on any atom is 0.336 e. The van der Waals surface area contributed by atoms with Crippen LogP contribution in [0.1, 0.15) is 5.56 Å². The number of thioether (sulfide) groups is 1. The van der Waals surface area contributed by atoms with Crippen molar-refractivity contribution in [3.05, 3.63) is 81.3 Å². The fraction of sp³-hybridized carbons (Fsp3) is 0.0476. The number of halogens is 1. The zero-order chi connectivity index (χ0) is 21.3. The van der Waals surface area contributed by atoms with Gasteiger partial charge in [-0.05, 0) is 48.2 Å². The van der Waals surface area contributed by atoms with Crippen molar-refractivity contribution in [2.45, 2.75) is 0 Å². The van der Waals surface area contributed by atoms with Crippen molar-refractivity contribution in [2.75, 3.05) is 11.9 Å². The number of amides is 3. The summed E-state index contributed by atoms with van der Waals surface area (Å²) in [5.74, 6) is -1.76. The summed E-state index contributed by atoms with van der Waals surface area (Å²) in [7, 11) is 0. The molecule has 0 bridgehead atoms.